The summed E-state index contributed by atoms with van der Waals surface area (Å²) in [5.41, 5.74) is 0.647. The van der Waals surface area contributed by atoms with Crippen molar-refractivity contribution < 1.29 is 22.7 Å². The van der Waals surface area contributed by atoms with Gasteiger partial charge in [-0.15, -0.1) is 0 Å². The quantitative estimate of drug-likeness (QED) is 0.672. The fourth-order valence-electron chi connectivity index (χ4n) is 3.00. The maximum absolute atomic E-state index is 13.2. The number of halogens is 4. The van der Waals surface area contributed by atoms with Crippen molar-refractivity contribution in [2.75, 3.05) is 36.5 Å². The standard InChI is InChI=1S/C20H19ClF3N3O2S/c21-15-4-1-13(2-5-15)11-18(28)26-19(30)25-16-12-14(20(22,23)24)3-6-17(16)27-7-9-29-10-8-27/h1-6,12H,7-11H2,(H2,25,26,28,30). The van der Waals surface area contributed by atoms with Crippen LogP contribution in [0.25, 0.3) is 0 Å². The predicted octanol–water partition coefficient (Wildman–Crippen LogP) is 4.25. The number of rotatable bonds is 4. The van der Waals surface area contributed by atoms with Gasteiger partial charge in [0.05, 0.1) is 36.6 Å². The summed E-state index contributed by atoms with van der Waals surface area (Å²) < 4.78 is 44.9. The number of amides is 1. The van der Waals surface area contributed by atoms with E-state index < -0.39 is 17.6 Å². The monoisotopic (exact) mass is 457 g/mol. The van der Waals surface area contributed by atoms with Crippen LogP contribution in [0.15, 0.2) is 42.5 Å². The average Bonchev–Trinajstić information content (AvgIpc) is 2.69. The molecule has 1 aliphatic heterocycles. The van der Waals surface area contributed by atoms with Crippen LogP contribution in [0.1, 0.15) is 11.1 Å². The molecule has 160 valence electrons. The molecule has 0 atom stereocenters. The van der Waals surface area contributed by atoms with Crippen molar-refractivity contribution >= 4 is 46.2 Å². The fraction of sp³-hybridized carbons (Fsp3) is 0.300. The zero-order valence-electron chi connectivity index (χ0n) is 15.8. The average molecular weight is 458 g/mol. The van der Waals surface area contributed by atoms with Gasteiger partial charge < -0.3 is 20.3 Å². The first kappa shape index (κ1) is 22.3. The van der Waals surface area contributed by atoms with E-state index in [0.29, 0.717) is 37.0 Å². The highest BCUT2D eigenvalue weighted by Gasteiger charge is 2.31. The van der Waals surface area contributed by atoms with Gasteiger partial charge in [0, 0.05) is 18.1 Å². The van der Waals surface area contributed by atoms with E-state index in [0.717, 1.165) is 17.7 Å². The molecule has 1 amide bonds. The number of benzene rings is 2. The smallest absolute Gasteiger partial charge is 0.378 e. The van der Waals surface area contributed by atoms with Gasteiger partial charge in [0.25, 0.3) is 0 Å². The highest BCUT2D eigenvalue weighted by molar-refractivity contribution is 7.80. The van der Waals surface area contributed by atoms with Crippen LogP contribution in [0.5, 0.6) is 0 Å². The van der Waals surface area contributed by atoms with Gasteiger partial charge in [-0.05, 0) is 48.1 Å². The zero-order chi connectivity index (χ0) is 21.7. The van der Waals surface area contributed by atoms with Crippen molar-refractivity contribution in [1.29, 1.82) is 0 Å². The van der Waals surface area contributed by atoms with Gasteiger partial charge in [0.2, 0.25) is 5.91 Å². The Kier molecular flexibility index (Phi) is 7.17. The van der Waals surface area contributed by atoms with Gasteiger partial charge in [0.15, 0.2) is 5.11 Å². The van der Waals surface area contributed by atoms with E-state index in [2.05, 4.69) is 10.6 Å². The summed E-state index contributed by atoms with van der Waals surface area (Å²) in [6.45, 7) is 2.02. The number of nitrogens with zero attached hydrogens (tertiary/aromatic N) is 1. The zero-order valence-corrected chi connectivity index (χ0v) is 17.3. The van der Waals surface area contributed by atoms with Crippen molar-refractivity contribution in [2.45, 2.75) is 12.6 Å². The van der Waals surface area contributed by atoms with Crippen LogP contribution in [0.3, 0.4) is 0 Å². The number of nitrogens with one attached hydrogen (secondary N) is 2. The minimum Gasteiger partial charge on any atom is -0.378 e. The number of anilines is 2. The summed E-state index contributed by atoms with van der Waals surface area (Å²) in [6.07, 6.45) is -4.45. The van der Waals surface area contributed by atoms with Crippen molar-refractivity contribution in [3.05, 3.63) is 58.6 Å². The maximum atomic E-state index is 13.2. The largest absolute Gasteiger partial charge is 0.416 e. The Morgan fingerprint density at radius 1 is 1.13 bits per heavy atom. The highest BCUT2D eigenvalue weighted by Crippen LogP contribution is 2.35. The first-order chi connectivity index (χ1) is 14.2. The normalized spacial score (nSPS) is 14.3. The van der Waals surface area contributed by atoms with Gasteiger partial charge >= 0.3 is 6.18 Å². The molecule has 0 bridgehead atoms. The number of hydrogen-bond acceptors (Lipinski definition) is 4. The summed E-state index contributed by atoms with van der Waals surface area (Å²) >= 11 is 11.0. The molecule has 1 fully saturated rings. The molecule has 1 aliphatic rings. The molecular weight excluding hydrogens is 439 g/mol. The first-order valence-electron chi connectivity index (χ1n) is 9.11. The second-order valence-corrected chi connectivity index (χ2v) is 7.48. The molecule has 2 N–H and O–H groups in total. The Labute approximate surface area is 182 Å². The lowest BCUT2D eigenvalue weighted by atomic mass is 10.1. The third kappa shape index (κ3) is 6.07. The lowest BCUT2D eigenvalue weighted by molar-refractivity contribution is -0.137. The number of thiocarbonyl (C=S) groups is 1. The summed E-state index contributed by atoms with van der Waals surface area (Å²) in [5.74, 6) is -0.394. The lowest BCUT2D eigenvalue weighted by Gasteiger charge is -2.31. The van der Waals surface area contributed by atoms with E-state index in [-0.39, 0.29) is 17.2 Å². The van der Waals surface area contributed by atoms with E-state index in [4.69, 9.17) is 28.6 Å². The number of hydrogen-bond donors (Lipinski definition) is 2. The molecule has 1 saturated heterocycles. The minimum atomic E-state index is -4.50. The molecule has 2 aromatic rings. The Balaban J connectivity index is 1.73. The topological polar surface area (TPSA) is 53.6 Å². The van der Waals surface area contributed by atoms with E-state index in [1.54, 1.807) is 24.3 Å². The number of carbonyl (C=O) groups excluding carboxylic acids is 1. The van der Waals surface area contributed by atoms with Gasteiger partial charge in [-0.1, -0.05) is 23.7 Å². The Hall–Kier alpha value is -2.36. The summed E-state index contributed by atoms with van der Waals surface area (Å²) in [7, 11) is 0. The molecule has 0 unspecified atom stereocenters. The summed E-state index contributed by atoms with van der Waals surface area (Å²) in [5, 5.41) is 5.72. The number of morpholine rings is 1. The van der Waals surface area contributed by atoms with Gasteiger partial charge in [-0.25, -0.2) is 0 Å². The third-order valence-corrected chi connectivity index (χ3v) is 4.91. The van der Waals surface area contributed by atoms with Gasteiger partial charge in [0.1, 0.15) is 0 Å². The van der Waals surface area contributed by atoms with Crippen LogP contribution in [0.4, 0.5) is 24.5 Å². The van der Waals surface area contributed by atoms with Crippen molar-refractivity contribution in [3.63, 3.8) is 0 Å². The molecule has 0 aromatic heterocycles. The molecule has 3 rings (SSSR count). The SMILES string of the molecule is O=C(Cc1ccc(Cl)cc1)NC(=S)Nc1cc(C(F)(F)F)ccc1N1CCOCC1. The van der Waals surface area contributed by atoms with Crippen LogP contribution >= 0.6 is 23.8 Å². The minimum absolute atomic E-state index is 0.0535. The number of carbonyl (C=O) groups is 1. The first-order valence-corrected chi connectivity index (χ1v) is 9.90. The fourth-order valence-corrected chi connectivity index (χ4v) is 3.35. The van der Waals surface area contributed by atoms with Gasteiger partial charge in [-0.3, -0.25) is 4.79 Å². The van der Waals surface area contributed by atoms with E-state index in [1.165, 1.54) is 6.07 Å². The molecule has 10 heteroatoms. The van der Waals surface area contributed by atoms with Crippen LogP contribution in [0, 0.1) is 0 Å². The van der Waals surface area contributed by atoms with Crippen LogP contribution in [-0.2, 0) is 22.1 Å². The van der Waals surface area contributed by atoms with Crippen molar-refractivity contribution in [2.24, 2.45) is 0 Å². The van der Waals surface area contributed by atoms with Crippen molar-refractivity contribution in [3.8, 4) is 0 Å². The van der Waals surface area contributed by atoms with Crippen LogP contribution in [-0.4, -0.2) is 37.3 Å². The molecule has 30 heavy (non-hydrogen) atoms. The third-order valence-electron chi connectivity index (χ3n) is 4.45. The molecule has 5 nitrogen and oxygen atoms in total. The predicted molar refractivity (Wildman–Crippen MR) is 114 cm³/mol. The second-order valence-electron chi connectivity index (χ2n) is 6.63. The lowest BCUT2D eigenvalue weighted by Crippen LogP contribution is -2.38. The van der Waals surface area contributed by atoms with Crippen LogP contribution in [0.2, 0.25) is 5.02 Å². The summed E-state index contributed by atoms with van der Waals surface area (Å²) in [4.78, 5) is 14.1. The summed E-state index contributed by atoms with van der Waals surface area (Å²) in [6, 6.07) is 10.2. The highest BCUT2D eigenvalue weighted by atomic mass is 35.5. The molecule has 2 aromatic carbocycles. The number of ether oxygens (including phenoxy) is 1. The van der Waals surface area contributed by atoms with E-state index in [9.17, 15) is 18.0 Å². The van der Waals surface area contributed by atoms with Gasteiger partial charge in [-0.2, -0.15) is 13.2 Å². The Morgan fingerprint density at radius 2 is 1.80 bits per heavy atom. The number of alkyl halides is 3. The second kappa shape index (κ2) is 9.63. The molecule has 0 aliphatic carbocycles. The van der Waals surface area contributed by atoms with E-state index >= 15 is 0 Å². The molecular formula is C20H19ClF3N3O2S. The Morgan fingerprint density at radius 3 is 2.43 bits per heavy atom. The molecule has 0 spiro atoms. The molecule has 1 heterocycles. The van der Waals surface area contributed by atoms with Crippen LogP contribution < -0.4 is 15.5 Å². The van der Waals surface area contributed by atoms with E-state index in [1.807, 2.05) is 4.90 Å². The molecule has 0 radical (unpaired) electrons. The van der Waals surface area contributed by atoms with Crippen molar-refractivity contribution in [1.82, 2.24) is 5.32 Å². The molecule has 0 saturated carbocycles. The Bertz CT molecular complexity index is 917. The maximum Gasteiger partial charge on any atom is 0.416 e.